The Labute approximate surface area is 103 Å². The van der Waals surface area contributed by atoms with E-state index in [4.69, 9.17) is 16.0 Å². The number of anilines is 1. The molecule has 0 saturated heterocycles. The number of oxazole rings is 1. The van der Waals surface area contributed by atoms with Crippen molar-refractivity contribution in [2.45, 2.75) is 52.0 Å². The molecule has 1 rings (SSSR count). The lowest BCUT2D eigenvalue weighted by atomic mass is 10.2. The molecule has 16 heavy (non-hydrogen) atoms. The van der Waals surface area contributed by atoms with Gasteiger partial charge in [0.05, 0.1) is 11.6 Å². The van der Waals surface area contributed by atoms with Crippen molar-refractivity contribution in [2.24, 2.45) is 0 Å². The Morgan fingerprint density at radius 2 is 2.25 bits per heavy atom. The van der Waals surface area contributed by atoms with Crippen LogP contribution in [0.1, 0.15) is 45.7 Å². The summed E-state index contributed by atoms with van der Waals surface area (Å²) < 4.78 is 5.47. The predicted octanol–water partition coefficient (Wildman–Crippen LogP) is 3.82. The highest BCUT2D eigenvalue weighted by atomic mass is 35.5. The van der Waals surface area contributed by atoms with Crippen molar-refractivity contribution >= 4 is 17.6 Å². The summed E-state index contributed by atoms with van der Waals surface area (Å²) in [5.41, 5.74) is 0.807. The number of halogens is 1. The summed E-state index contributed by atoms with van der Waals surface area (Å²) in [5, 5.41) is 0. The van der Waals surface area contributed by atoms with Gasteiger partial charge in [0.1, 0.15) is 6.26 Å². The van der Waals surface area contributed by atoms with Crippen LogP contribution >= 0.6 is 11.6 Å². The van der Waals surface area contributed by atoms with Gasteiger partial charge in [0.25, 0.3) is 6.01 Å². The molecule has 0 aliphatic heterocycles. The van der Waals surface area contributed by atoms with Crippen LogP contribution in [0.25, 0.3) is 0 Å². The van der Waals surface area contributed by atoms with Crippen molar-refractivity contribution in [1.29, 1.82) is 0 Å². The number of rotatable bonds is 7. The van der Waals surface area contributed by atoms with E-state index in [-0.39, 0.29) is 0 Å². The molecule has 0 spiro atoms. The average Bonchev–Trinajstić information content (AvgIpc) is 2.77. The predicted molar refractivity (Wildman–Crippen MR) is 68.1 cm³/mol. The van der Waals surface area contributed by atoms with Crippen LogP contribution < -0.4 is 4.90 Å². The summed E-state index contributed by atoms with van der Waals surface area (Å²) >= 11 is 5.72. The van der Waals surface area contributed by atoms with E-state index in [1.165, 1.54) is 6.42 Å². The highest BCUT2D eigenvalue weighted by Gasteiger charge is 2.17. The van der Waals surface area contributed by atoms with Gasteiger partial charge in [0.15, 0.2) is 0 Å². The normalized spacial score (nSPS) is 12.8. The zero-order valence-corrected chi connectivity index (χ0v) is 11.1. The third-order valence-electron chi connectivity index (χ3n) is 2.80. The van der Waals surface area contributed by atoms with Gasteiger partial charge in [-0.15, -0.1) is 11.6 Å². The van der Waals surface area contributed by atoms with Gasteiger partial charge >= 0.3 is 0 Å². The van der Waals surface area contributed by atoms with Gasteiger partial charge in [0.2, 0.25) is 0 Å². The van der Waals surface area contributed by atoms with Gasteiger partial charge in [-0.1, -0.05) is 20.3 Å². The Kier molecular flexibility index (Phi) is 5.67. The number of nitrogens with zero attached hydrogens (tertiary/aromatic N) is 2. The minimum Gasteiger partial charge on any atom is -0.432 e. The van der Waals surface area contributed by atoms with Crippen molar-refractivity contribution < 1.29 is 4.42 Å². The Morgan fingerprint density at radius 3 is 2.75 bits per heavy atom. The van der Waals surface area contributed by atoms with E-state index in [1.54, 1.807) is 6.26 Å². The van der Waals surface area contributed by atoms with Crippen LogP contribution in [0.5, 0.6) is 0 Å². The molecule has 0 aliphatic rings. The number of hydrogen-bond acceptors (Lipinski definition) is 3. The number of alkyl halides is 1. The number of aromatic nitrogens is 1. The average molecular weight is 245 g/mol. The van der Waals surface area contributed by atoms with Gasteiger partial charge < -0.3 is 9.32 Å². The Morgan fingerprint density at radius 1 is 1.50 bits per heavy atom. The Balaban J connectivity index is 2.74. The van der Waals surface area contributed by atoms with Crippen LogP contribution in [0.3, 0.4) is 0 Å². The molecule has 1 unspecified atom stereocenters. The maximum absolute atomic E-state index is 5.72. The first-order chi connectivity index (χ1) is 7.72. The smallest absolute Gasteiger partial charge is 0.297 e. The quantitative estimate of drug-likeness (QED) is 0.683. The van der Waals surface area contributed by atoms with Crippen molar-refractivity contribution in [3.63, 3.8) is 0 Å². The minimum atomic E-state index is 0.408. The minimum absolute atomic E-state index is 0.408. The summed E-state index contributed by atoms with van der Waals surface area (Å²) in [6.07, 6.45) is 5.06. The van der Waals surface area contributed by atoms with Crippen molar-refractivity contribution in [2.75, 3.05) is 11.4 Å². The second-order valence-electron chi connectivity index (χ2n) is 4.06. The summed E-state index contributed by atoms with van der Waals surface area (Å²) in [6, 6.07) is 1.16. The van der Waals surface area contributed by atoms with E-state index < -0.39 is 0 Å². The lowest BCUT2D eigenvalue weighted by Crippen LogP contribution is -2.33. The van der Waals surface area contributed by atoms with Crippen LogP contribution in [-0.4, -0.2) is 17.6 Å². The van der Waals surface area contributed by atoms with Gasteiger partial charge in [0, 0.05) is 12.6 Å². The Bertz CT molecular complexity index is 301. The first-order valence-corrected chi connectivity index (χ1v) is 6.53. The third-order valence-corrected chi connectivity index (χ3v) is 3.07. The zero-order valence-electron chi connectivity index (χ0n) is 10.4. The maximum atomic E-state index is 5.72. The summed E-state index contributed by atoms with van der Waals surface area (Å²) in [4.78, 5) is 6.60. The molecule has 1 aromatic heterocycles. The molecule has 3 nitrogen and oxygen atoms in total. The molecule has 1 aromatic rings. The molecule has 0 radical (unpaired) electrons. The fraction of sp³-hybridized carbons (Fsp3) is 0.750. The van der Waals surface area contributed by atoms with Crippen LogP contribution in [0.15, 0.2) is 10.7 Å². The van der Waals surface area contributed by atoms with Crippen molar-refractivity contribution in [3.8, 4) is 0 Å². The molecule has 0 fully saturated rings. The topological polar surface area (TPSA) is 29.3 Å². The standard InChI is InChI=1S/C12H21ClN2O/c1-4-6-7-15(10(3)5-2)12-14-11(8-13)9-16-12/h9-10H,4-8H2,1-3H3. The highest BCUT2D eigenvalue weighted by Crippen LogP contribution is 2.19. The molecule has 0 amide bonds. The highest BCUT2D eigenvalue weighted by molar-refractivity contribution is 6.16. The maximum Gasteiger partial charge on any atom is 0.297 e. The molecule has 0 bridgehead atoms. The van der Waals surface area contributed by atoms with Crippen molar-refractivity contribution in [1.82, 2.24) is 4.98 Å². The summed E-state index contributed by atoms with van der Waals surface area (Å²) in [5.74, 6) is 0.408. The van der Waals surface area contributed by atoms with E-state index in [1.807, 2.05) is 0 Å². The van der Waals surface area contributed by atoms with Crippen LogP contribution in [-0.2, 0) is 5.88 Å². The first-order valence-electron chi connectivity index (χ1n) is 5.99. The fourth-order valence-electron chi connectivity index (χ4n) is 1.54. The van der Waals surface area contributed by atoms with E-state index in [2.05, 4.69) is 30.7 Å². The van der Waals surface area contributed by atoms with E-state index in [0.29, 0.717) is 17.9 Å². The lowest BCUT2D eigenvalue weighted by Gasteiger charge is -2.26. The molecule has 92 valence electrons. The molecule has 1 atom stereocenters. The summed E-state index contributed by atoms with van der Waals surface area (Å²) in [7, 11) is 0. The molecule has 0 aliphatic carbocycles. The number of unbranched alkanes of at least 4 members (excludes halogenated alkanes) is 1. The van der Waals surface area contributed by atoms with E-state index >= 15 is 0 Å². The van der Waals surface area contributed by atoms with Crippen LogP contribution in [0, 0.1) is 0 Å². The molecule has 0 saturated carbocycles. The molecular formula is C12H21ClN2O. The fourth-order valence-corrected chi connectivity index (χ4v) is 1.67. The van der Waals surface area contributed by atoms with Crippen molar-refractivity contribution in [3.05, 3.63) is 12.0 Å². The summed E-state index contributed by atoms with van der Waals surface area (Å²) in [6.45, 7) is 7.55. The van der Waals surface area contributed by atoms with E-state index in [0.717, 1.165) is 25.1 Å². The lowest BCUT2D eigenvalue weighted by molar-refractivity contribution is 0.489. The molecule has 4 heteroatoms. The third kappa shape index (κ3) is 3.41. The molecule has 1 heterocycles. The monoisotopic (exact) mass is 244 g/mol. The van der Waals surface area contributed by atoms with E-state index in [9.17, 15) is 0 Å². The number of hydrogen-bond donors (Lipinski definition) is 0. The first kappa shape index (κ1) is 13.4. The second kappa shape index (κ2) is 6.79. The van der Waals surface area contributed by atoms with Gasteiger partial charge in [-0.3, -0.25) is 0 Å². The molecule has 0 aromatic carbocycles. The van der Waals surface area contributed by atoms with Gasteiger partial charge in [-0.05, 0) is 19.8 Å². The molecule has 0 N–H and O–H groups in total. The second-order valence-corrected chi connectivity index (χ2v) is 4.33. The van der Waals surface area contributed by atoms with Gasteiger partial charge in [-0.2, -0.15) is 4.98 Å². The van der Waals surface area contributed by atoms with Crippen LogP contribution in [0.4, 0.5) is 6.01 Å². The SMILES string of the molecule is CCCCN(c1nc(CCl)co1)C(C)CC. The molecular weight excluding hydrogens is 224 g/mol. The Hall–Kier alpha value is -0.700. The van der Waals surface area contributed by atoms with Crippen LogP contribution in [0.2, 0.25) is 0 Å². The largest absolute Gasteiger partial charge is 0.432 e. The zero-order chi connectivity index (χ0) is 12.0. The van der Waals surface area contributed by atoms with Gasteiger partial charge in [-0.25, -0.2) is 0 Å².